The zero-order valence-corrected chi connectivity index (χ0v) is 13.9. The van der Waals surface area contributed by atoms with Gasteiger partial charge in [0, 0.05) is 36.1 Å². The highest BCUT2D eigenvalue weighted by Crippen LogP contribution is 2.22. The molecule has 1 aliphatic rings. The van der Waals surface area contributed by atoms with Crippen LogP contribution in [-0.2, 0) is 0 Å². The van der Waals surface area contributed by atoms with Crippen LogP contribution in [0.25, 0.3) is 0 Å². The van der Waals surface area contributed by atoms with E-state index in [0.717, 1.165) is 12.8 Å². The van der Waals surface area contributed by atoms with E-state index >= 15 is 0 Å². The summed E-state index contributed by atoms with van der Waals surface area (Å²) in [6.07, 6.45) is 1.69. The van der Waals surface area contributed by atoms with Gasteiger partial charge in [-0.15, -0.1) is 0 Å². The maximum atomic E-state index is 12.5. The molecule has 1 aromatic carbocycles. The van der Waals surface area contributed by atoms with Crippen LogP contribution in [0.4, 0.5) is 4.79 Å². The Bertz CT molecular complexity index is 528. The summed E-state index contributed by atoms with van der Waals surface area (Å²) >= 11 is 5.85. The second-order valence-corrected chi connectivity index (χ2v) is 6.67. The highest BCUT2D eigenvalue weighted by atomic mass is 35.5. The number of ketones is 1. The molecule has 0 aromatic heterocycles. The SMILES string of the molecule is CC(C)CNC(=O)N1CCCC(C(=O)c2ccc(Cl)cc2)C1. The maximum Gasteiger partial charge on any atom is 0.317 e. The van der Waals surface area contributed by atoms with Gasteiger partial charge in [-0.05, 0) is 43.0 Å². The minimum atomic E-state index is -0.125. The molecular formula is C17H23ClN2O2. The van der Waals surface area contributed by atoms with Crippen molar-refractivity contribution in [2.24, 2.45) is 11.8 Å². The summed E-state index contributed by atoms with van der Waals surface area (Å²) in [5.41, 5.74) is 0.666. The van der Waals surface area contributed by atoms with Gasteiger partial charge in [0.1, 0.15) is 0 Å². The Morgan fingerprint density at radius 2 is 2.00 bits per heavy atom. The van der Waals surface area contributed by atoms with Crippen LogP contribution < -0.4 is 5.32 Å². The van der Waals surface area contributed by atoms with E-state index in [9.17, 15) is 9.59 Å². The van der Waals surface area contributed by atoms with E-state index < -0.39 is 0 Å². The molecule has 1 aliphatic heterocycles. The maximum absolute atomic E-state index is 12.5. The van der Waals surface area contributed by atoms with E-state index in [0.29, 0.717) is 36.1 Å². The second kappa shape index (κ2) is 7.63. The van der Waals surface area contributed by atoms with Crippen molar-refractivity contribution in [1.82, 2.24) is 10.2 Å². The number of Topliss-reactive ketones (excluding diaryl/α,β-unsaturated/α-hetero) is 1. The predicted molar refractivity (Wildman–Crippen MR) is 88.3 cm³/mol. The van der Waals surface area contributed by atoms with Crippen molar-refractivity contribution >= 4 is 23.4 Å². The Hall–Kier alpha value is -1.55. The van der Waals surface area contributed by atoms with Crippen LogP contribution in [-0.4, -0.2) is 36.3 Å². The third kappa shape index (κ3) is 4.47. The first-order valence-electron chi connectivity index (χ1n) is 7.80. The van der Waals surface area contributed by atoms with Gasteiger partial charge in [0.25, 0.3) is 0 Å². The van der Waals surface area contributed by atoms with Crippen LogP contribution in [0.15, 0.2) is 24.3 Å². The van der Waals surface area contributed by atoms with E-state index in [1.165, 1.54) is 0 Å². The van der Waals surface area contributed by atoms with Crippen molar-refractivity contribution in [2.45, 2.75) is 26.7 Å². The van der Waals surface area contributed by atoms with E-state index in [-0.39, 0.29) is 17.7 Å². The molecule has 1 atom stereocenters. The standard InChI is InChI=1S/C17H23ClN2O2/c1-12(2)10-19-17(22)20-9-3-4-14(11-20)16(21)13-5-7-15(18)8-6-13/h5-8,12,14H,3-4,9-11H2,1-2H3,(H,19,22). The molecule has 22 heavy (non-hydrogen) atoms. The van der Waals surface area contributed by atoms with Crippen molar-refractivity contribution in [3.63, 3.8) is 0 Å². The first kappa shape index (κ1) is 16.8. The van der Waals surface area contributed by atoms with Gasteiger partial charge in [0.05, 0.1) is 0 Å². The molecule has 0 spiro atoms. The first-order chi connectivity index (χ1) is 10.5. The normalized spacial score (nSPS) is 18.4. The smallest absolute Gasteiger partial charge is 0.317 e. The summed E-state index contributed by atoms with van der Waals surface area (Å²) in [6, 6.07) is 6.89. The zero-order valence-electron chi connectivity index (χ0n) is 13.1. The molecule has 1 unspecified atom stereocenters. The first-order valence-corrected chi connectivity index (χ1v) is 8.17. The molecule has 2 amide bonds. The Balaban J connectivity index is 1.96. The van der Waals surface area contributed by atoms with Gasteiger partial charge in [0.15, 0.2) is 5.78 Å². The molecule has 4 nitrogen and oxygen atoms in total. The lowest BCUT2D eigenvalue weighted by Crippen LogP contribution is -2.47. The van der Waals surface area contributed by atoms with Gasteiger partial charge < -0.3 is 10.2 Å². The summed E-state index contributed by atoms with van der Waals surface area (Å²) in [5.74, 6) is 0.387. The highest BCUT2D eigenvalue weighted by Gasteiger charge is 2.28. The van der Waals surface area contributed by atoms with Crippen molar-refractivity contribution in [1.29, 1.82) is 0 Å². The molecule has 120 valence electrons. The topological polar surface area (TPSA) is 49.4 Å². The van der Waals surface area contributed by atoms with Crippen molar-refractivity contribution in [2.75, 3.05) is 19.6 Å². The van der Waals surface area contributed by atoms with Gasteiger partial charge in [-0.1, -0.05) is 25.4 Å². The van der Waals surface area contributed by atoms with E-state index in [4.69, 9.17) is 11.6 Å². The molecule has 1 fully saturated rings. The van der Waals surface area contributed by atoms with Gasteiger partial charge >= 0.3 is 6.03 Å². The van der Waals surface area contributed by atoms with Gasteiger partial charge in [-0.3, -0.25) is 4.79 Å². The second-order valence-electron chi connectivity index (χ2n) is 6.24. The lowest BCUT2D eigenvalue weighted by atomic mass is 9.90. The number of likely N-dealkylation sites (tertiary alicyclic amines) is 1. The number of amides is 2. The number of hydrogen-bond donors (Lipinski definition) is 1. The van der Waals surface area contributed by atoms with E-state index in [2.05, 4.69) is 19.2 Å². The van der Waals surface area contributed by atoms with Gasteiger partial charge in [0.2, 0.25) is 0 Å². The summed E-state index contributed by atoms with van der Waals surface area (Å²) in [7, 11) is 0. The fraction of sp³-hybridized carbons (Fsp3) is 0.529. The summed E-state index contributed by atoms with van der Waals surface area (Å²) in [6.45, 7) is 5.98. The number of nitrogens with one attached hydrogen (secondary N) is 1. The third-order valence-corrected chi connectivity index (χ3v) is 4.12. The molecule has 1 N–H and O–H groups in total. The number of halogens is 1. The van der Waals surface area contributed by atoms with Crippen LogP contribution in [0.3, 0.4) is 0 Å². The number of urea groups is 1. The summed E-state index contributed by atoms with van der Waals surface area (Å²) in [4.78, 5) is 26.4. The Labute approximate surface area is 136 Å². The van der Waals surface area contributed by atoms with Crippen LogP contribution in [0.1, 0.15) is 37.0 Å². The predicted octanol–water partition coefficient (Wildman–Crippen LogP) is 3.60. The van der Waals surface area contributed by atoms with Crippen LogP contribution in [0.2, 0.25) is 5.02 Å². The Kier molecular flexibility index (Phi) is 5.83. The molecular weight excluding hydrogens is 300 g/mol. The number of carbonyl (C=O) groups is 2. The van der Waals surface area contributed by atoms with E-state index in [1.807, 2.05) is 0 Å². The molecule has 0 radical (unpaired) electrons. The fourth-order valence-corrected chi connectivity index (χ4v) is 2.75. The molecule has 0 saturated carbocycles. The molecule has 0 aliphatic carbocycles. The van der Waals surface area contributed by atoms with Crippen LogP contribution in [0.5, 0.6) is 0 Å². The molecule has 1 saturated heterocycles. The highest BCUT2D eigenvalue weighted by molar-refractivity contribution is 6.30. The van der Waals surface area contributed by atoms with Crippen LogP contribution in [0, 0.1) is 11.8 Å². The number of benzene rings is 1. The van der Waals surface area contributed by atoms with Crippen molar-refractivity contribution < 1.29 is 9.59 Å². The lowest BCUT2D eigenvalue weighted by Gasteiger charge is -2.32. The van der Waals surface area contributed by atoms with Crippen LogP contribution >= 0.6 is 11.6 Å². The van der Waals surface area contributed by atoms with Crippen molar-refractivity contribution in [3.05, 3.63) is 34.9 Å². The number of hydrogen-bond acceptors (Lipinski definition) is 2. The Morgan fingerprint density at radius 3 is 2.64 bits per heavy atom. The minimum Gasteiger partial charge on any atom is -0.338 e. The molecule has 1 aromatic rings. The average Bonchev–Trinajstić information content (AvgIpc) is 2.52. The van der Waals surface area contributed by atoms with Crippen molar-refractivity contribution in [3.8, 4) is 0 Å². The molecule has 2 rings (SSSR count). The van der Waals surface area contributed by atoms with Gasteiger partial charge in [-0.25, -0.2) is 4.79 Å². The number of carbonyl (C=O) groups excluding carboxylic acids is 2. The summed E-state index contributed by atoms with van der Waals surface area (Å²) < 4.78 is 0. The quantitative estimate of drug-likeness (QED) is 0.861. The lowest BCUT2D eigenvalue weighted by molar-refractivity contribution is 0.0845. The van der Waals surface area contributed by atoms with Gasteiger partial charge in [-0.2, -0.15) is 0 Å². The summed E-state index contributed by atoms with van der Waals surface area (Å²) in [5, 5.41) is 3.54. The number of rotatable bonds is 4. The Morgan fingerprint density at radius 1 is 1.32 bits per heavy atom. The monoisotopic (exact) mass is 322 g/mol. The molecule has 5 heteroatoms. The molecule has 1 heterocycles. The molecule has 0 bridgehead atoms. The largest absolute Gasteiger partial charge is 0.338 e. The number of piperidine rings is 1. The third-order valence-electron chi connectivity index (χ3n) is 3.87. The fourth-order valence-electron chi connectivity index (χ4n) is 2.63. The minimum absolute atomic E-state index is 0.0673. The zero-order chi connectivity index (χ0) is 16.1. The average molecular weight is 323 g/mol. The number of nitrogens with zero attached hydrogens (tertiary/aromatic N) is 1. The van der Waals surface area contributed by atoms with E-state index in [1.54, 1.807) is 29.2 Å².